The van der Waals surface area contributed by atoms with Crippen LogP contribution < -0.4 is 4.90 Å². The van der Waals surface area contributed by atoms with E-state index in [2.05, 4.69) is 20.8 Å². The molecule has 0 N–H and O–H groups in total. The van der Waals surface area contributed by atoms with Crippen LogP contribution in [-0.2, 0) is 15.4 Å². The molecule has 106 valence electrons. The van der Waals surface area contributed by atoms with Gasteiger partial charge in [-0.05, 0) is 17.7 Å². The molecule has 1 aromatic rings. The summed E-state index contributed by atoms with van der Waals surface area (Å²) in [4.78, 5) is 2.18. The third kappa shape index (κ3) is 3.62. The molecule has 0 aromatic heterocycles. The normalized spacial score (nSPS) is 17.7. The molecule has 0 atom stereocenters. The summed E-state index contributed by atoms with van der Waals surface area (Å²) in [6.45, 7) is 2.42. The van der Waals surface area contributed by atoms with Crippen LogP contribution in [0.4, 0.5) is 5.69 Å². The summed E-state index contributed by atoms with van der Waals surface area (Å²) in [5.74, 6) is 0. The van der Waals surface area contributed by atoms with Crippen molar-refractivity contribution in [1.29, 1.82) is 0 Å². The van der Waals surface area contributed by atoms with Gasteiger partial charge in [-0.25, -0.2) is 8.42 Å². The second-order valence-corrected chi connectivity index (χ2v) is 7.54. The van der Waals surface area contributed by atoms with Crippen LogP contribution in [0.2, 0.25) is 5.02 Å². The molecule has 1 heterocycles. The molecule has 0 saturated carbocycles. The van der Waals surface area contributed by atoms with Gasteiger partial charge in [0.1, 0.15) is 0 Å². The highest BCUT2D eigenvalue weighted by Crippen LogP contribution is 2.27. The molecule has 0 amide bonds. The zero-order chi connectivity index (χ0) is 14.0. The van der Waals surface area contributed by atoms with Crippen molar-refractivity contribution in [3.63, 3.8) is 0 Å². The predicted molar refractivity (Wildman–Crippen MR) is 82.7 cm³/mol. The number of benzene rings is 1. The van der Waals surface area contributed by atoms with Crippen LogP contribution in [0.5, 0.6) is 0 Å². The van der Waals surface area contributed by atoms with E-state index in [-0.39, 0.29) is 0 Å². The Labute approximate surface area is 127 Å². The van der Waals surface area contributed by atoms with Gasteiger partial charge in [-0.3, -0.25) is 0 Å². The van der Waals surface area contributed by atoms with Gasteiger partial charge in [-0.15, -0.1) is 0 Å². The lowest BCUT2D eigenvalue weighted by Crippen LogP contribution is -2.48. The van der Waals surface area contributed by atoms with Gasteiger partial charge in [-0.1, -0.05) is 33.6 Å². The number of piperazine rings is 1. The first-order valence-corrected chi connectivity index (χ1v) is 9.31. The van der Waals surface area contributed by atoms with Crippen molar-refractivity contribution in [2.75, 3.05) is 37.3 Å². The number of rotatable bonds is 3. The lowest BCUT2D eigenvalue weighted by atomic mass is 10.1. The number of sulfonamides is 1. The molecule has 0 spiro atoms. The van der Waals surface area contributed by atoms with E-state index < -0.39 is 10.0 Å². The number of halogens is 2. The topological polar surface area (TPSA) is 40.6 Å². The number of alkyl halides is 1. The molecule has 1 aliphatic rings. The monoisotopic (exact) mass is 366 g/mol. The first-order valence-electron chi connectivity index (χ1n) is 5.96. The minimum absolute atomic E-state index is 0.521. The molecule has 19 heavy (non-hydrogen) atoms. The Balaban J connectivity index is 2.16. The van der Waals surface area contributed by atoms with E-state index in [0.717, 1.165) is 16.6 Å². The lowest BCUT2D eigenvalue weighted by Gasteiger charge is -2.35. The molecule has 1 aliphatic heterocycles. The Hall–Kier alpha value is -0.300. The summed E-state index contributed by atoms with van der Waals surface area (Å²) in [7, 11) is -3.08. The molecule has 2 rings (SSSR count). The molecule has 0 unspecified atom stereocenters. The Kier molecular flexibility index (Phi) is 4.76. The summed E-state index contributed by atoms with van der Waals surface area (Å²) >= 11 is 9.51. The number of hydrogen-bond donors (Lipinski definition) is 0. The van der Waals surface area contributed by atoms with E-state index in [1.165, 1.54) is 10.6 Å². The Morgan fingerprint density at radius 2 is 1.89 bits per heavy atom. The third-order valence-electron chi connectivity index (χ3n) is 3.24. The van der Waals surface area contributed by atoms with Crippen molar-refractivity contribution in [3.8, 4) is 0 Å². The number of hydrogen-bond acceptors (Lipinski definition) is 3. The van der Waals surface area contributed by atoms with E-state index in [0.29, 0.717) is 31.2 Å². The van der Waals surface area contributed by atoms with Gasteiger partial charge < -0.3 is 4.90 Å². The van der Waals surface area contributed by atoms with E-state index in [4.69, 9.17) is 11.6 Å². The SMILES string of the molecule is CS(=O)(=O)N1CCN(c2cc(Cl)ccc2CBr)CC1. The fourth-order valence-corrected chi connectivity index (χ4v) is 3.67. The van der Waals surface area contributed by atoms with E-state index >= 15 is 0 Å². The smallest absolute Gasteiger partial charge is 0.211 e. The minimum atomic E-state index is -3.08. The summed E-state index contributed by atoms with van der Waals surface area (Å²) in [5, 5.41) is 1.46. The minimum Gasteiger partial charge on any atom is -0.369 e. The maximum Gasteiger partial charge on any atom is 0.211 e. The van der Waals surface area contributed by atoms with Crippen LogP contribution in [0, 0.1) is 0 Å². The van der Waals surface area contributed by atoms with Gasteiger partial charge >= 0.3 is 0 Å². The van der Waals surface area contributed by atoms with Gasteiger partial charge in [0.25, 0.3) is 0 Å². The highest BCUT2D eigenvalue weighted by Gasteiger charge is 2.24. The van der Waals surface area contributed by atoms with Crippen molar-refractivity contribution in [3.05, 3.63) is 28.8 Å². The zero-order valence-electron chi connectivity index (χ0n) is 10.6. The second kappa shape index (κ2) is 5.99. The van der Waals surface area contributed by atoms with Gasteiger partial charge in [0.05, 0.1) is 6.26 Å². The van der Waals surface area contributed by atoms with Crippen LogP contribution in [0.15, 0.2) is 18.2 Å². The zero-order valence-corrected chi connectivity index (χ0v) is 13.8. The van der Waals surface area contributed by atoms with Crippen LogP contribution in [0.3, 0.4) is 0 Å². The molecule has 4 nitrogen and oxygen atoms in total. The van der Waals surface area contributed by atoms with Crippen molar-refractivity contribution in [1.82, 2.24) is 4.31 Å². The molecule has 7 heteroatoms. The van der Waals surface area contributed by atoms with E-state index in [9.17, 15) is 8.42 Å². The molecule has 0 radical (unpaired) electrons. The summed E-state index contributed by atoms with van der Waals surface area (Å²) in [6, 6.07) is 5.80. The molecule has 1 saturated heterocycles. The fraction of sp³-hybridized carbons (Fsp3) is 0.500. The molecule has 1 fully saturated rings. The first-order chi connectivity index (χ1) is 8.91. The summed E-state index contributed by atoms with van der Waals surface area (Å²) in [5.41, 5.74) is 2.25. The average Bonchev–Trinajstić information content (AvgIpc) is 2.38. The van der Waals surface area contributed by atoms with Crippen LogP contribution >= 0.6 is 27.5 Å². The quantitative estimate of drug-likeness (QED) is 0.770. The third-order valence-corrected chi connectivity index (χ3v) is 5.38. The van der Waals surface area contributed by atoms with Gasteiger partial charge in [0.2, 0.25) is 10.0 Å². The van der Waals surface area contributed by atoms with Gasteiger partial charge in [0.15, 0.2) is 0 Å². The molecular formula is C12H16BrClN2O2S. The fourth-order valence-electron chi connectivity index (χ4n) is 2.21. The number of anilines is 1. The van der Waals surface area contributed by atoms with Gasteiger partial charge in [-0.2, -0.15) is 4.31 Å². The summed E-state index contributed by atoms with van der Waals surface area (Å²) < 4.78 is 24.5. The molecular weight excluding hydrogens is 352 g/mol. The van der Waals surface area contributed by atoms with Crippen LogP contribution in [-0.4, -0.2) is 45.2 Å². The van der Waals surface area contributed by atoms with Crippen LogP contribution in [0.25, 0.3) is 0 Å². The highest BCUT2D eigenvalue weighted by atomic mass is 79.9. The van der Waals surface area contributed by atoms with Crippen LogP contribution in [0.1, 0.15) is 5.56 Å². The Bertz CT molecular complexity index is 557. The molecule has 0 aliphatic carbocycles. The highest BCUT2D eigenvalue weighted by molar-refractivity contribution is 9.08. The van der Waals surface area contributed by atoms with E-state index in [1.807, 2.05) is 18.2 Å². The lowest BCUT2D eigenvalue weighted by molar-refractivity contribution is 0.388. The predicted octanol–water partition coefficient (Wildman–Crippen LogP) is 2.32. The largest absolute Gasteiger partial charge is 0.369 e. The molecule has 0 bridgehead atoms. The van der Waals surface area contributed by atoms with E-state index in [1.54, 1.807) is 0 Å². The average molecular weight is 368 g/mol. The second-order valence-electron chi connectivity index (χ2n) is 4.56. The first kappa shape index (κ1) is 15.1. The maximum absolute atomic E-state index is 11.5. The Morgan fingerprint density at radius 3 is 2.42 bits per heavy atom. The molecule has 1 aromatic carbocycles. The van der Waals surface area contributed by atoms with Crippen molar-refractivity contribution >= 4 is 43.2 Å². The van der Waals surface area contributed by atoms with Crippen molar-refractivity contribution in [2.45, 2.75) is 5.33 Å². The standard InChI is InChI=1S/C12H16BrClN2O2S/c1-19(17,18)16-6-4-15(5-7-16)12-8-11(14)3-2-10(12)9-13/h2-3,8H,4-7,9H2,1H3. The number of nitrogens with zero attached hydrogens (tertiary/aromatic N) is 2. The van der Waals surface area contributed by atoms with Crippen molar-refractivity contribution < 1.29 is 8.42 Å². The summed E-state index contributed by atoms with van der Waals surface area (Å²) in [6.07, 6.45) is 1.26. The van der Waals surface area contributed by atoms with Crippen molar-refractivity contribution in [2.24, 2.45) is 0 Å². The van der Waals surface area contributed by atoms with Gasteiger partial charge in [0, 0.05) is 42.2 Å². The maximum atomic E-state index is 11.5. The Morgan fingerprint density at radius 1 is 1.26 bits per heavy atom.